The van der Waals surface area contributed by atoms with Crippen molar-refractivity contribution < 1.29 is 9.21 Å². The molecule has 0 saturated heterocycles. The summed E-state index contributed by atoms with van der Waals surface area (Å²) in [6.45, 7) is 5.73. The average Bonchev–Trinajstić information content (AvgIpc) is 3.29. The van der Waals surface area contributed by atoms with Crippen molar-refractivity contribution in [3.05, 3.63) is 77.0 Å². The van der Waals surface area contributed by atoms with Crippen LogP contribution >= 0.6 is 0 Å². The van der Waals surface area contributed by atoms with Gasteiger partial charge in [-0.3, -0.25) is 14.4 Å². The number of carbonyl (C=O) groups is 1. The molecular formula is C22H26N4O2. The van der Waals surface area contributed by atoms with Crippen molar-refractivity contribution in [1.29, 1.82) is 0 Å². The minimum absolute atomic E-state index is 0.177. The van der Waals surface area contributed by atoms with E-state index in [1.165, 1.54) is 5.56 Å². The lowest BCUT2D eigenvalue weighted by Gasteiger charge is -2.27. The molecule has 1 aliphatic heterocycles. The second-order valence-electron chi connectivity index (χ2n) is 7.64. The zero-order valence-electron chi connectivity index (χ0n) is 16.5. The monoisotopic (exact) mass is 378 g/mol. The quantitative estimate of drug-likeness (QED) is 0.662. The number of furan rings is 1. The molecule has 3 aromatic rings. The summed E-state index contributed by atoms with van der Waals surface area (Å²) in [6, 6.07) is 12.3. The van der Waals surface area contributed by atoms with Gasteiger partial charge in [-0.25, -0.2) is 0 Å². The van der Waals surface area contributed by atoms with E-state index in [0.717, 1.165) is 42.1 Å². The lowest BCUT2D eigenvalue weighted by atomic mass is 10.1. The molecule has 0 saturated carbocycles. The van der Waals surface area contributed by atoms with Crippen molar-refractivity contribution in [3.8, 4) is 0 Å². The minimum atomic E-state index is 0.177. The molecule has 3 heterocycles. The van der Waals surface area contributed by atoms with Gasteiger partial charge < -0.3 is 9.32 Å². The number of nitrogens with zero attached hydrogens (tertiary/aromatic N) is 4. The first-order valence-corrected chi connectivity index (χ1v) is 9.65. The summed E-state index contributed by atoms with van der Waals surface area (Å²) in [7, 11) is 2.07. The van der Waals surface area contributed by atoms with Gasteiger partial charge in [-0.15, -0.1) is 0 Å². The van der Waals surface area contributed by atoms with Crippen molar-refractivity contribution in [1.82, 2.24) is 19.6 Å². The Hall–Kier alpha value is -2.86. The Labute approximate surface area is 165 Å². The van der Waals surface area contributed by atoms with E-state index in [-0.39, 0.29) is 5.91 Å². The summed E-state index contributed by atoms with van der Waals surface area (Å²) in [6.07, 6.45) is 3.92. The highest BCUT2D eigenvalue weighted by molar-refractivity contribution is 5.78. The van der Waals surface area contributed by atoms with E-state index in [1.54, 1.807) is 12.5 Å². The van der Waals surface area contributed by atoms with Crippen LogP contribution in [0.4, 0.5) is 0 Å². The van der Waals surface area contributed by atoms with Crippen LogP contribution in [-0.4, -0.2) is 39.1 Å². The molecule has 1 aliphatic rings. The fourth-order valence-electron chi connectivity index (χ4n) is 3.75. The highest BCUT2D eigenvalue weighted by Gasteiger charge is 2.22. The van der Waals surface area contributed by atoms with Crippen molar-refractivity contribution in [2.24, 2.45) is 0 Å². The van der Waals surface area contributed by atoms with Gasteiger partial charge in [0.1, 0.15) is 0 Å². The summed E-state index contributed by atoms with van der Waals surface area (Å²) in [4.78, 5) is 16.9. The molecule has 28 heavy (non-hydrogen) atoms. The Bertz CT molecular complexity index is 945. The molecular weight excluding hydrogens is 352 g/mol. The molecule has 4 rings (SSSR count). The maximum Gasteiger partial charge on any atom is 0.227 e. The first kappa shape index (κ1) is 18.5. The second-order valence-corrected chi connectivity index (χ2v) is 7.64. The van der Waals surface area contributed by atoms with E-state index >= 15 is 0 Å². The number of hydrogen-bond acceptors (Lipinski definition) is 4. The van der Waals surface area contributed by atoms with Crippen LogP contribution in [0.25, 0.3) is 0 Å². The zero-order chi connectivity index (χ0) is 19.5. The van der Waals surface area contributed by atoms with Crippen molar-refractivity contribution in [2.75, 3.05) is 13.6 Å². The second kappa shape index (κ2) is 8.02. The van der Waals surface area contributed by atoms with Gasteiger partial charge in [0, 0.05) is 25.2 Å². The average molecular weight is 378 g/mol. The molecule has 0 aliphatic carbocycles. The van der Waals surface area contributed by atoms with E-state index in [0.29, 0.717) is 19.5 Å². The third-order valence-corrected chi connectivity index (χ3v) is 5.10. The fourth-order valence-corrected chi connectivity index (χ4v) is 3.75. The van der Waals surface area contributed by atoms with Crippen LogP contribution in [-0.2, 0) is 37.4 Å². The number of amides is 1. The number of fused-ring (bicyclic) bond motifs is 1. The number of hydrogen-bond donors (Lipinski definition) is 0. The summed E-state index contributed by atoms with van der Waals surface area (Å²) in [5, 5.41) is 4.72. The molecule has 1 amide bonds. The van der Waals surface area contributed by atoms with Gasteiger partial charge in [-0.1, -0.05) is 29.8 Å². The van der Waals surface area contributed by atoms with Gasteiger partial charge in [0.15, 0.2) is 0 Å². The standard InChI is InChI=1S/C22H26N4O2/c1-17-4-3-5-18(10-17)11-22(27)25-7-8-26-21(15-25)12-20(23-26)14-24(2)13-19-6-9-28-16-19/h3-6,9-10,12,16H,7-8,11,13-15H2,1-2H3. The van der Waals surface area contributed by atoms with Gasteiger partial charge in [0.25, 0.3) is 0 Å². The Morgan fingerprint density at radius 2 is 2.07 bits per heavy atom. The summed E-state index contributed by atoms with van der Waals surface area (Å²) in [5.74, 6) is 0.177. The molecule has 0 atom stereocenters. The number of carbonyl (C=O) groups excluding carboxylic acids is 1. The van der Waals surface area contributed by atoms with Gasteiger partial charge in [-0.2, -0.15) is 5.10 Å². The summed E-state index contributed by atoms with van der Waals surface area (Å²) in [5.41, 5.74) is 5.56. The lowest BCUT2D eigenvalue weighted by molar-refractivity contribution is -0.132. The molecule has 146 valence electrons. The molecule has 0 N–H and O–H groups in total. The van der Waals surface area contributed by atoms with Crippen LogP contribution in [0.2, 0.25) is 0 Å². The SMILES string of the molecule is Cc1cccc(CC(=O)N2CCn3nc(CN(C)Cc4ccoc4)cc3C2)c1. The van der Waals surface area contributed by atoms with Crippen LogP contribution in [0.3, 0.4) is 0 Å². The molecule has 6 heteroatoms. The van der Waals surface area contributed by atoms with Crippen LogP contribution < -0.4 is 0 Å². The molecule has 0 spiro atoms. The highest BCUT2D eigenvalue weighted by atomic mass is 16.3. The van der Waals surface area contributed by atoms with Crippen LogP contribution in [0.1, 0.15) is 28.1 Å². The van der Waals surface area contributed by atoms with E-state index in [4.69, 9.17) is 9.52 Å². The van der Waals surface area contributed by atoms with Crippen LogP contribution in [0.15, 0.2) is 53.3 Å². The molecule has 6 nitrogen and oxygen atoms in total. The first-order chi connectivity index (χ1) is 13.6. The minimum Gasteiger partial charge on any atom is -0.472 e. The van der Waals surface area contributed by atoms with Crippen LogP contribution in [0.5, 0.6) is 0 Å². The number of aryl methyl sites for hydroxylation is 1. The largest absolute Gasteiger partial charge is 0.472 e. The predicted molar refractivity (Wildman–Crippen MR) is 106 cm³/mol. The lowest BCUT2D eigenvalue weighted by Crippen LogP contribution is -2.39. The zero-order valence-corrected chi connectivity index (χ0v) is 16.5. The van der Waals surface area contributed by atoms with Gasteiger partial charge in [0.2, 0.25) is 5.91 Å². The Morgan fingerprint density at radius 3 is 2.86 bits per heavy atom. The van der Waals surface area contributed by atoms with Gasteiger partial charge in [0.05, 0.1) is 43.4 Å². The topological polar surface area (TPSA) is 54.5 Å². The Kier molecular flexibility index (Phi) is 5.30. The summed E-state index contributed by atoms with van der Waals surface area (Å²) >= 11 is 0. The first-order valence-electron chi connectivity index (χ1n) is 9.65. The molecule has 1 aromatic carbocycles. The third kappa shape index (κ3) is 4.34. The van der Waals surface area contributed by atoms with Gasteiger partial charge in [-0.05, 0) is 31.7 Å². The van der Waals surface area contributed by atoms with Gasteiger partial charge >= 0.3 is 0 Å². The fraction of sp³-hybridized carbons (Fsp3) is 0.364. The number of benzene rings is 1. The summed E-state index contributed by atoms with van der Waals surface area (Å²) < 4.78 is 7.17. The molecule has 0 unspecified atom stereocenters. The molecule has 0 bridgehead atoms. The van der Waals surface area contributed by atoms with Crippen LogP contribution in [0, 0.1) is 6.92 Å². The maximum absolute atomic E-state index is 12.7. The number of aromatic nitrogens is 2. The third-order valence-electron chi connectivity index (χ3n) is 5.10. The van der Waals surface area contributed by atoms with Crippen molar-refractivity contribution >= 4 is 5.91 Å². The molecule has 0 fully saturated rings. The van der Waals surface area contributed by atoms with Crippen molar-refractivity contribution in [2.45, 2.75) is 39.5 Å². The van der Waals surface area contributed by atoms with E-state index in [1.807, 2.05) is 27.8 Å². The number of rotatable bonds is 6. The predicted octanol–water partition coefficient (Wildman–Crippen LogP) is 3.00. The maximum atomic E-state index is 12.7. The molecule has 0 radical (unpaired) electrons. The Balaban J connectivity index is 1.36. The smallest absolute Gasteiger partial charge is 0.227 e. The Morgan fingerprint density at radius 1 is 1.18 bits per heavy atom. The normalized spacial score (nSPS) is 13.8. The van der Waals surface area contributed by atoms with Crippen molar-refractivity contribution in [3.63, 3.8) is 0 Å². The van der Waals surface area contributed by atoms with E-state index < -0.39 is 0 Å². The highest BCUT2D eigenvalue weighted by Crippen LogP contribution is 2.17. The van der Waals surface area contributed by atoms with E-state index in [9.17, 15) is 4.79 Å². The van der Waals surface area contributed by atoms with E-state index in [2.05, 4.69) is 37.1 Å². The molecule has 2 aromatic heterocycles.